The number of hydrogen-bond donors (Lipinski definition) is 1. The number of nitrogens with zero attached hydrogens (tertiary/aromatic N) is 3. The van der Waals surface area contributed by atoms with Gasteiger partial charge in [0, 0.05) is 4.88 Å². The Kier molecular flexibility index (Phi) is 4.98. The summed E-state index contributed by atoms with van der Waals surface area (Å²) in [5, 5.41) is 5.34. The molecule has 0 aliphatic heterocycles. The van der Waals surface area contributed by atoms with Crippen LogP contribution in [0.3, 0.4) is 0 Å². The highest BCUT2D eigenvalue weighted by atomic mass is 32.1. The first-order valence-corrected chi connectivity index (χ1v) is 9.54. The van der Waals surface area contributed by atoms with Gasteiger partial charge in [0.15, 0.2) is 5.82 Å². The number of anilines is 1. The summed E-state index contributed by atoms with van der Waals surface area (Å²) in [6.07, 6.45) is 6.17. The lowest BCUT2D eigenvalue weighted by Crippen LogP contribution is -2.02. The van der Waals surface area contributed by atoms with E-state index in [1.54, 1.807) is 29.7 Å². The molecule has 140 valence electrons. The first kappa shape index (κ1) is 17.8. The lowest BCUT2D eigenvalue weighted by atomic mass is 9.97. The van der Waals surface area contributed by atoms with Crippen molar-refractivity contribution in [3.8, 4) is 5.75 Å². The fraction of sp³-hybridized carbons (Fsp3) is 0.316. The lowest BCUT2D eigenvalue weighted by Gasteiger charge is -2.11. The second-order valence-corrected chi connectivity index (χ2v) is 7.41. The first-order chi connectivity index (χ1) is 13.1. The number of aryl methyl sites for hydroxylation is 3. The van der Waals surface area contributed by atoms with E-state index < -0.39 is 6.61 Å². The van der Waals surface area contributed by atoms with Crippen molar-refractivity contribution in [3.05, 3.63) is 46.1 Å². The van der Waals surface area contributed by atoms with E-state index >= 15 is 0 Å². The molecule has 0 amide bonds. The van der Waals surface area contributed by atoms with Crippen molar-refractivity contribution in [1.29, 1.82) is 0 Å². The minimum atomic E-state index is -2.83. The molecule has 2 heterocycles. The van der Waals surface area contributed by atoms with Crippen LogP contribution in [-0.4, -0.2) is 22.8 Å². The van der Waals surface area contributed by atoms with Gasteiger partial charge in [-0.15, -0.1) is 11.3 Å². The lowest BCUT2D eigenvalue weighted by molar-refractivity contribution is -0.0498. The van der Waals surface area contributed by atoms with Gasteiger partial charge >= 0.3 is 6.61 Å². The standard InChI is InChI=1S/C19H18F2N4OS/c1-11-23-17(16-14-4-2-3-5-15(14)27-18(16)24-11)25-22-10-12-6-8-13(9-7-12)26-19(20)21/h6-10,19H,2-5H2,1H3,(H,23,24,25)/b22-10+. The molecule has 0 unspecified atom stereocenters. The summed E-state index contributed by atoms with van der Waals surface area (Å²) >= 11 is 1.75. The Balaban J connectivity index is 1.56. The zero-order valence-corrected chi connectivity index (χ0v) is 15.5. The summed E-state index contributed by atoms with van der Waals surface area (Å²) in [5.41, 5.74) is 5.14. The molecule has 27 heavy (non-hydrogen) atoms. The highest BCUT2D eigenvalue weighted by Crippen LogP contribution is 2.38. The second-order valence-electron chi connectivity index (χ2n) is 6.33. The van der Waals surface area contributed by atoms with Gasteiger partial charge in [-0.1, -0.05) is 0 Å². The number of alkyl halides is 2. The predicted octanol–water partition coefficient (Wildman–Crippen LogP) is 4.93. The SMILES string of the molecule is Cc1nc(N/N=C/c2ccc(OC(F)F)cc2)c2c3c(sc2n1)CCCC3. The van der Waals surface area contributed by atoms with Gasteiger partial charge in [-0.25, -0.2) is 9.97 Å². The Bertz CT molecular complexity index is 986. The normalized spacial score (nSPS) is 14.1. The van der Waals surface area contributed by atoms with Crippen LogP contribution >= 0.6 is 11.3 Å². The monoisotopic (exact) mass is 388 g/mol. The Labute approximate surface area is 159 Å². The van der Waals surface area contributed by atoms with Crippen molar-refractivity contribution in [2.75, 3.05) is 5.43 Å². The fourth-order valence-electron chi connectivity index (χ4n) is 3.25. The van der Waals surface area contributed by atoms with Crippen molar-refractivity contribution < 1.29 is 13.5 Å². The van der Waals surface area contributed by atoms with Crippen LogP contribution in [0.1, 0.15) is 34.7 Å². The zero-order valence-electron chi connectivity index (χ0n) is 14.7. The largest absolute Gasteiger partial charge is 0.435 e. The summed E-state index contributed by atoms with van der Waals surface area (Å²) < 4.78 is 28.7. The number of fused-ring (bicyclic) bond motifs is 3. The second kappa shape index (κ2) is 7.56. The maximum Gasteiger partial charge on any atom is 0.387 e. The van der Waals surface area contributed by atoms with Gasteiger partial charge in [-0.05, 0) is 68.0 Å². The smallest absolute Gasteiger partial charge is 0.387 e. The Morgan fingerprint density at radius 2 is 1.96 bits per heavy atom. The van der Waals surface area contributed by atoms with Crippen LogP contribution in [-0.2, 0) is 12.8 Å². The van der Waals surface area contributed by atoms with Crippen LogP contribution < -0.4 is 10.2 Å². The summed E-state index contributed by atoms with van der Waals surface area (Å²) in [5.74, 6) is 1.53. The van der Waals surface area contributed by atoms with Gasteiger partial charge in [-0.2, -0.15) is 13.9 Å². The summed E-state index contributed by atoms with van der Waals surface area (Å²) in [6, 6.07) is 6.29. The van der Waals surface area contributed by atoms with Gasteiger partial charge < -0.3 is 4.74 Å². The van der Waals surface area contributed by atoms with Crippen molar-refractivity contribution in [2.24, 2.45) is 5.10 Å². The Hall–Kier alpha value is -2.61. The number of halogens is 2. The molecule has 1 aliphatic carbocycles. The highest BCUT2D eigenvalue weighted by Gasteiger charge is 2.20. The van der Waals surface area contributed by atoms with Crippen LogP contribution in [0.15, 0.2) is 29.4 Å². The maximum atomic E-state index is 12.2. The molecule has 0 atom stereocenters. The molecule has 4 rings (SSSR count). The van der Waals surface area contributed by atoms with E-state index in [9.17, 15) is 8.78 Å². The molecule has 1 N–H and O–H groups in total. The molecule has 2 aromatic heterocycles. The molecule has 0 bridgehead atoms. The average molecular weight is 388 g/mol. The van der Waals surface area contributed by atoms with E-state index in [4.69, 9.17) is 0 Å². The van der Waals surface area contributed by atoms with E-state index in [0.29, 0.717) is 11.6 Å². The minimum Gasteiger partial charge on any atom is -0.435 e. The van der Waals surface area contributed by atoms with Crippen LogP contribution in [0, 0.1) is 6.92 Å². The molecule has 0 spiro atoms. The van der Waals surface area contributed by atoms with Crippen molar-refractivity contribution in [3.63, 3.8) is 0 Å². The number of rotatable bonds is 5. The molecule has 8 heteroatoms. The predicted molar refractivity (Wildman–Crippen MR) is 103 cm³/mol. The van der Waals surface area contributed by atoms with Gasteiger partial charge in [-0.3, -0.25) is 5.43 Å². The van der Waals surface area contributed by atoms with Crippen LogP contribution in [0.5, 0.6) is 5.75 Å². The first-order valence-electron chi connectivity index (χ1n) is 8.73. The third kappa shape index (κ3) is 3.90. The number of aromatic nitrogens is 2. The number of hydrogen-bond acceptors (Lipinski definition) is 6. The molecule has 1 aliphatic rings. The molecule has 0 saturated carbocycles. The van der Waals surface area contributed by atoms with E-state index in [0.717, 1.165) is 28.6 Å². The number of ether oxygens (including phenoxy) is 1. The molecule has 0 radical (unpaired) electrons. The molecular formula is C19H18F2N4OS. The number of thiophene rings is 1. The molecular weight excluding hydrogens is 370 g/mol. The third-order valence-electron chi connectivity index (χ3n) is 4.42. The molecule has 3 aromatic rings. The van der Waals surface area contributed by atoms with E-state index in [1.807, 2.05) is 6.92 Å². The van der Waals surface area contributed by atoms with Crippen LogP contribution in [0.2, 0.25) is 0 Å². The van der Waals surface area contributed by atoms with E-state index in [1.165, 1.54) is 35.4 Å². The number of nitrogens with one attached hydrogen (secondary N) is 1. The summed E-state index contributed by atoms with van der Waals surface area (Å²) in [6.45, 7) is -0.958. The minimum absolute atomic E-state index is 0.119. The number of benzene rings is 1. The van der Waals surface area contributed by atoms with E-state index in [2.05, 4.69) is 25.2 Å². The fourth-order valence-corrected chi connectivity index (χ4v) is 4.56. The molecule has 0 fully saturated rings. The maximum absolute atomic E-state index is 12.2. The van der Waals surface area contributed by atoms with E-state index in [-0.39, 0.29) is 5.75 Å². The van der Waals surface area contributed by atoms with Gasteiger partial charge in [0.2, 0.25) is 0 Å². The summed E-state index contributed by atoms with van der Waals surface area (Å²) in [4.78, 5) is 11.5. The Morgan fingerprint density at radius 3 is 2.74 bits per heavy atom. The number of hydrazone groups is 1. The van der Waals surface area contributed by atoms with Gasteiger partial charge in [0.1, 0.15) is 16.4 Å². The molecule has 1 aromatic carbocycles. The zero-order chi connectivity index (χ0) is 18.8. The quantitative estimate of drug-likeness (QED) is 0.498. The Morgan fingerprint density at radius 1 is 1.19 bits per heavy atom. The van der Waals surface area contributed by atoms with Gasteiger partial charge in [0.25, 0.3) is 0 Å². The third-order valence-corrected chi connectivity index (χ3v) is 5.60. The summed E-state index contributed by atoms with van der Waals surface area (Å²) in [7, 11) is 0. The van der Waals surface area contributed by atoms with Crippen molar-refractivity contribution >= 4 is 33.6 Å². The average Bonchev–Trinajstić information content (AvgIpc) is 3.00. The highest BCUT2D eigenvalue weighted by molar-refractivity contribution is 7.19. The molecule has 0 saturated heterocycles. The van der Waals surface area contributed by atoms with Crippen molar-refractivity contribution in [2.45, 2.75) is 39.2 Å². The van der Waals surface area contributed by atoms with Gasteiger partial charge in [0.05, 0.1) is 11.6 Å². The topological polar surface area (TPSA) is 59.4 Å². The van der Waals surface area contributed by atoms with Crippen LogP contribution in [0.25, 0.3) is 10.2 Å². The van der Waals surface area contributed by atoms with Crippen molar-refractivity contribution in [1.82, 2.24) is 9.97 Å². The molecule has 5 nitrogen and oxygen atoms in total. The van der Waals surface area contributed by atoms with Crippen LogP contribution in [0.4, 0.5) is 14.6 Å².